The summed E-state index contributed by atoms with van der Waals surface area (Å²) in [5.41, 5.74) is -0.678. The fourth-order valence-corrected chi connectivity index (χ4v) is 2.51. The van der Waals surface area contributed by atoms with E-state index in [4.69, 9.17) is 10.2 Å². The highest BCUT2D eigenvalue weighted by Gasteiger charge is 2.69. The van der Waals surface area contributed by atoms with Crippen LogP contribution in [0.1, 0.15) is 19.3 Å². The molecule has 0 radical (unpaired) electrons. The van der Waals surface area contributed by atoms with E-state index in [2.05, 4.69) is 10.6 Å². The number of carboxylic acid groups (broad SMARTS) is 2. The second kappa shape index (κ2) is 2.07. The van der Waals surface area contributed by atoms with Crippen LogP contribution >= 0.6 is 0 Å². The Morgan fingerprint density at radius 3 is 1.46 bits per heavy atom. The highest BCUT2D eigenvalue weighted by atomic mass is 16.4. The molecule has 6 heteroatoms. The van der Waals surface area contributed by atoms with Crippen LogP contribution in [-0.2, 0) is 0 Å². The molecule has 0 aliphatic heterocycles. The van der Waals surface area contributed by atoms with Crippen molar-refractivity contribution in [1.29, 1.82) is 0 Å². The highest BCUT2D eigenvalue weighted by Crippen LogP contribution is 2.60. The maximum absolute atomic E-state index is 10.3. The van der Waals surface area contributed by atoms with Gasteiger partial charge in [-0.25, -0.2) is 9.59 Å². The van der Waals surface area contributed by atoms with Gasteiger partial charge in [-0.05, 0) is 19.3 Å². The van der Waals surface area contributed by atoms with Crippen LogP contribution < -0.4 is 10.6 Å². The Morgan fingerprint density at radius 1 is 0.923 bits per heavy atom. The third-order valence-electron chi connectivity index (χ3n) is 2.77. The van der Waals surface area contributed by atoms with E-state index in [0.717, 1.165) is 0 Å². The van der Waals surface area contributed by atoms with Crippen LogP contribution in [0.4, 0.5) is 9.59 Å². The molecule has 3 rings (SSSR count). The van der Waals surface area contributed by atoms with E-state index in [1.165, 1.54) is 0 Å². The summed E-state index contributed by atoms with van der Waals surface area (Å²) >= 11 is 0. The molecule has 0 saturated heterocycles. The monoisotopic (exact) mass is 186 g/mol. The van der Waals surface area contributed by atoms with Gasteiger partial charge in [0.1, 0.15) is 0 Å². The van der Waals surface area contributed by atoms with Crippen LogP contribution in [0, 0.1) is 0 Å². The zero-order valence-electron chi connectivity index (χ0n) is 6.83. The summed E-state index contributed by atoms with van der Waals surface area (Å²) in [6.07, 6.45) is -0.331. The molecule has 6 nitrogen and oxygen atoms in total. The third-order valence-corrected chi connectivity index (χ3v) is 2.77. The van der Waals surface area contributed by atoms with Crippen LogP contribution in [0.15, 0.2) is 0 Å². The van der Waals surface area contributed by atoms with Gasteiger partial charge in [-0.1, -0.05) is 0 Å². The van der Waals surface area contributed by atoms with Crippen molar-refractivity contribution < 1.29 is 19.8 Å². The molecule has 4 N–H and O–H groups in total. The quantitative estimate of drug-likeness (QED) is 0.495. The van der Waals surface area contributed by atoms with E-state index < -0.39 is 12.2 Å². The van der Waals surface area contributed by atoms with E-state index in [-0.39, 0.29) is 11.1 Å². The molecule has 0 heterocycles. The number of hydrogen-bond acceptors (Lipinski definition) is 2. The molecular weight excluding hydrogens is 176 g/mol. The van der Waals surface area contributed by atoms with E-state index in [0.29, 0.717) is 19.3 Å². The summed E-state index contributed by atoms with van der Waals surface area (Å²) < 4.78 is 0. The molecule has 0 aromatic carbocycles. The first kappa shape index (κ1) is 8.15. The molecule has 72 valence electrons. The number of rotatable bonds is 2. The van der Waals surface area contributed by atoms with Crippen molar-refractivity contribution >= 4 is 12.2 Å². The maximum atomic E-state index is 10.3. The first-order valence-corrected chi connectivity index (χ1v) is 3.98. The average Bonchev–Trinajstić information content (AvgIpc) is 1.77. The third kappa shape index (κ3) is 1.09. The van der Waals surface area contributed by atoms with Gasteiger partial charge in [0.2, 0.25) is 0 Å². The van der Waals surface area contributed by atoms with Crippen molar-refractivity contribution in [3.05, 3.63) is 0 Å². The smallest absolute Gasteiger partial charge is 0.405 e. The van der Waals surface area contributed by atoms with Gasteiger partial charge in [0.25, 0.3) is 0 Å². The second-order valence-corrected chi connectivity index (χ2v) is 3.95. The average molecular weight is 186 g/mol. The van der Waals surface area contributed by atoms with Crippen molar-refractivity contribution in [2.24, 2.45) is 0 Å². The number of hydrogen-bond donors (Lipinski definition) is 4. The molecule has 0 atom stereocenters. The predicted octanol–water partition coefficient (Wildman–Crippen LogP) is 0.197. The van der Waals surface area contributed by atoms with Crippen molar-refractivity contribution in [2.45, 2.75) is 30.3 Å². The van der Waals surface area contributed by atoms with Crippen molar-refractivity contribution in [1.82, 2.24) is 10.6 Å². The molecule has 0 unspecified atom stereocenters. The lowest BCUT2D eigenvalue weighted by atomic mass is 9.44. The first-order valence-electron chi connectivity index (χ1n) is 3.98. The molecule has 3 saturated carbocycles. The maximum Gasteiger partial charge on any atom is 0.405 e. The number of amides is 2. The summed E-state index contributed by atoms with van der Waals surface area (Å²) in [6.45, 7) is 0. The Balaban J connectivity index is 1.86. The van der Waals surface area contributed by atoms with Crippen LogP contribution in [0.5, 0.6) is 0 Å². The van der Waals surface area contributed by atoms with Crippen molar-refractivity contribution in [3.8, 4) is 0 Å². The molecule has 3 aliphatic carbocycles. The Bertz CT molecular complexity index is 242. The van der Waals surface area contributed by atoms with Gasteiger partial charge in [-0.15, -0.1) is 0 Å². The molecule has 0 aromatic heterocycles. The standard InChI is InChI=1S/C7H10N2O4/c10-4(11)8-6-1-7(2-6,3-6)9-5(12)13/h8-9H,1-3H2,(H,10,11)(H,12,13). The summed E-state index contributed by atoms with van der Waals surface area (Å²) in [5, 5.41) is 21.7. The van der Waals surface area contributed by atoms with Gasteiger partial charge in [0.15, 0.2) is 0 Å². The SMILES string of the molecule is O=C(O)NC12CC(NC(=O)O)(C1)C2. The Hall–Kier alpha value is -1.46. The summed E-state index contributed by atoms with van der Waals surface area (Å²) in [5.74, 6) is 0. The Labute approximate surface area is 73.9 Å². The lowest BCUT2D eigenvalue weighted by Crippen LogP contribution is -2.83. The van der Waals surface area contributed by atoms with E-state index in [9.17, 15) is 9.59 Å². The molecule has 2 amide bonds. The second-order valence-electron chi connectivity index (χ2n) is 3.95. The lowest BCUT2D eigenvalue weighted by Gasteiger charge is -2.69. The lowest BCUT2D eigenvalue weighted by molar-refractivity contribution is -0.0930. The van der Waals surface area contributed by atoms with Crippen molar-refractivity contribution in [3.63, 3.8) is 0 Å². The molecule has 0 aromatic rings. The van der Waals surface area contributed by atoms with E-state index in [1.54, 1.807) is 0 Å². The van der Waals surface area contributed by atoms with Gasteiger partial charge < -0.3 is 20.8 Å². The number of carbonyl (C=O) groups is 2. The van der Waals surface area contributed by atoms with Gasteiger partial charge in [0, 0.05) is 0 Å². The first-order chi connectivity index (χ1) is 5.95. The molecule has 3 fully saturated rings. The molecular formula is C7H10N2O4. The van der Waals surface area contributed by atoms with Crippen molar-refractivity contribution in [2.75, 3.05) is 0 Å². The minimum atomic E-state index is -1.04. The minimum absolute atomic E-state index is 0.339. The largest absolute Gasteiger partial charge is 0.465 e. The van der Waals surface area contributed by atoms with Gasteiger partial charge >= 0.3 is 12.2 Å². The molecule has 3 aliphatic rings. The predicted molar refractivity (Wildman–Crippen MR) is 41.6 cm³/mol. The zero-order chi connectivity index (χ0) is 9.69. The van der Waals surface area contributed by atoms with Gasteiger partial charge in [0.05, 0.1) is 11.1 Å². The molecule has 0 spiro atoms. The Kier molecular flexibility index (Phi) is 1.30. The topological polar surface area (TPSA) is 98.7 Å². The fourth-order valence-electron chi connectivity index (χ4n) is 2.51. The van der Waals surface area contributed by atoms with Crippen LogP contribution in [0.3, 0.4) is 0 Å². The highest BCUT2D eigenvalue weighted by molar-refractivity contribution is 5.70. The van der Waals surface area contributed by atoms with Gasteiger partial charge in [-0.3, -0.25) is 0 Å². The minimum Gasteiger partial charge on any atom is -0.465 e. The molecule has 2 bridgehead atoms. The summed E-state index contributed by atoms with van der Waals surface area (Å²) in [4.78, 5) is 20.6. The molecule has 13 heavy (non-hydrogen) atoms. The number of nitrogens with one attached hydrogen (secondary N) is 2. The Morgan fingerprint density at radius 2 is 1.23 bits per heavy atom. The normalized spacial score (nSPS) is 39.7. The van der Waals surface area contributed by atoms with Crippen LogP contribution in [0.25, 0.3) is 0 Å². The van der Waals surface area contributed by atoms with E-state index in [1.807, 2.05) is 0 Å². The summed E-state index contributed by atoms with van der Waals surface area (Å²) in [6, 6.07) is 0. The van der Waals surface area contributed by atoms with Crippen LogP contribution in [-0.4, -0.2) is 33.5 Å². The fraction of sp³-hybridized carbons (Fsp3) is 0.714. The zero-order valence-corrected chi connectivity index (χ0v) is 6.83. The summed E-state index contributed by atoms with van der Waals surface area (Å²) in [7, 11) is 0. The van der Waals surface area contributed by atoms with Crippen LogP contribution in [0.2, 0.25) is 0 Å². The van der Waals surface area contributed by atoms with Gasteiger partial charge in [-0.2, -0.15) is 0 Å². The van der Waals surface area contributed by atoms with E-state index >= 15 is 0 Å².